The lowest BCUT2D eigenvalue weighted by molar-refractivity contribution is 0.0133. The van der Waals surface area contributed by atoms with Gasteiger partial charge in [0.15, 0.2) is 0 Å². The molecule has 1 aliphatic rings. The third-order valence-electron chi connectivity index (χ3n) is 4.40. The highest BCUT2D eigenvalue weighted by molar-refractivity contribution is 5.19. The molecular formula is C17H28N2O. The Bertz CT molecular complexity index is 361. The standard InChI is InChI=1S/C17H28N2O/c1-2-20-17(15-12-8-5-9-13-15)16(19-18)14-10-6-3-4-7-11-14/h5,8-9,12-14,16-17,19H,2-4,6-7,10-11,18H2,1H3. The van der Waals surface area contributed by atoms with Crippen molar-refractivity contribution in [3.05, 3.63) is 35.9 Å². The largest absolute Gasteiger partial charge is 0.372 e. The molecule has 0 aromatic heterocycles. The van der Waals surface area contributed by atoms with Gasteiger partial charge in [-0.05, 0) is 31.2 Å². The summed E-state index contributed by atoms with van der Waals surface area (Å²) >= 11 is 0. The maximum atomic E-state index is 6.03. The Morgan fingerprint density at radius 1 is 1.15 bits per heavy atom. The summed E-state index contributed by atoms with van der Waals surface area (Å²) < 4.78 is 6.03. The van der Waals surface area contributed by atoms with Crippen LogP contribution >= 0.6 is 0 Å². The van der Waals surface area contributed by atoms with Crippen molar-refractivity contribution in [1.29, 1.82) is 0 Å². The van der Waals surface area contributed by atoms with E-state index in [1.165, 1.54) is 44.1 Å². The van der Waals surface area contributed by atoms with Gasteiger partial charge in [-0.1, -0.05) is 56.0 Å². The zero-order valence-corrected chi connectivity index (χ0v) is 12.6. The van der Waals surface area contributed by atoms with Crippen molar-refractivity contribution in [2.24, 2.45) is 11.8 Å². The molecule has 0 radical (unpaired) electrons. The van der Waals surface area contributed by atoms with E-state index in [1.807, 2.05) is 6.07 Å². The van der Waals surface area contributed by atoms with Gasteiger partial charge < -0.3 is 4.74 Å². The summed E-state index contributed by atoms with van der Waals surface area (Å²) in [6, 6.07) is 10.7. The molecule has 2 atom stereocenters. The maximum absolute atomic E-state index is 6.03. The van der Waals surface area contributed by atoms with Crippen molar-refractivity contribution in [3.8, 4) is 0 Å². The van der Waals surface area contributed by atoms with Crippen LogP contribution in [0.3, 0.4) is 0 Å². The molecule has 3 nitrogen and oxygen atoms in total. The van der Waals surface area contributed by atoms with Crippen LogP contribution in [-0.2, 0) is 4.74 Å². The summed E-state index contributed by atoms with van der Waals surface area (Å²) in [4.78, 5) is 0. The number of hydrogen-bond acceptors (Lipinski definition) is 3. The van der Waals surface area contributed by atoms with E-state index >= 15 is 0 Å². The minimum atomic E-state index is 0.0503. The van der Waals surface area contributed by atoms with E-state index in [2.05, 4.69) is 36.6 Å². The fraction of sp³-hybridized carbons (Fsp3) is 0.647. The molecule has 0 aliphatic heterocycles. The molecule has 2 unspecified atom stereocenters. The molecule has 0 amide bonds. The Morgan fingerprint density at radius 3 is 2.35 bits per heavy atom. The summed E-state index contributed by atoms with van der Waals surface area (Å²) in [6.07, 6.45) is 7.91. The van der Waals surface area contributed by atoms with Crippen LogP contribution < -0.4 is 11.3 Å². The third kappa shape index (κ3) is 4.05. The Morgan fingerprint density at radius 2 is 1.80 bits per heavy atom. The Balaban J connectivity index is 2.15. The predicted molar refractivity (Wildman–Crippen MR) is 83.1 cm³/mol. The van der Waals surface area contributed by atoms with Crippen LogP contribution in [-0.4, -0.2) is 12.6 Å². The number of benzene rings is 1. The second kappa shape index (κ2) is 8.40. The van der Waals surface area contributed by atoms with Gasteiger partial charge in [0, 0.05) is 6.61 Å². The third-order valence-corrected chi connectivity index (χ3v) is 4.40. The first-order valence-electron chi connectivity index (χ1n) is 7.99. The Kier molecular flexibility index (Phi) is 6.51. The normalized spacial score (nSPS) is 20.3. The van der Waals surface area contributed by atoms with Crippen LogP contribution in [0.1, 0.15) is 57.1 Å². The molecule has 0 heterocycles. The second-order valence-electron chi connectivity index (χ2n) is 5.73. The monoisotopic (exact) mass is 276 g/mol. The van der Waals surface area contributed by atoms with Crippen molar-refractivity contribution < 1.29 is 4.74 Å². The molecule has 3 N–H and O–H groups in total. The van der Waals surface area contributed by atoms with Crippen LogP contribution in [0.4, 0.5) is 0 Å². The molecular weight excluding hydrogens is 248 g/mol. The van der Waals surface area contributed by atoms with Crippen molar-refractivity contribution >= 4 is 0 Å². The van der Waals surface area contributed by atoms with Gasteiger partial charge in [0.05, 0.1) is 12.1 Å². The van der Waals surface area contributed by atoms with E-state index in [-0.39, 0.29) is 12.1 Å². The minimum Gasteiger partial charge on any atom is -0.372 e. The number of nitrogens with two attached hydrogens (primary N) is 1. The second-order valence-corrected chi connectivity index (χ2v) is 5.73. The summed E-state index contributed by atoms with van der Waals surface area (Å²) in [5.41, 5.74) is 4.28. The average Bonchev–Trinajstić information content (AvgIpc) is 2.77. The minimum absolute atomic E-state index is 0.0503. The molecule has 1 saturated carbocycles. The summed E-state index contributed by atoms with van der Waals surface area (Å²) in [6.45, 7) is 2.76. The predicted octanol–water partition coefficient (Wildman–Crippen LogP) is 3.57. The molecule has 112 valence electrons. The lowest BCUT2D eigenvalue weighted by Crippen LogP contribution is -2.46. The van der Waals surface area contributed by atoms with Gasteiger partial charge in [-0.3, -0.25) is 11.3 Å². The van der Waals surface area contributed by atoms with Gasteiger partial charge in [0.25, 0.3) is 0 Å². The van der Waals surface area contributed by atoms with Crippen LogP contribution in [0, 0.1) is 5.92 Å². The number of nitrogens with one attached hydrogen (secondary N) is 1. The molecule has 20 heavy (non-hydrogen) atoms. The number of ether oxygens (including phenoxy) is 1. The van der Waals surface area contributed by atoms with E-state index in [4.69, 9.17) is 10.6 Å². The van der Waals surface area contributed by atoms with Gasteiger partial charge in [-0.15, -0.1) is 0 Å². The van der Waals surface area contributed by atoms with Crippen molar-refractivity contribution in [3.63, 3.8) is 0 Å². The van der Waals surface area contributed by atoms with Crippen molar-refractivity contribution in [2.75, 3.05) is 6.61 Å². The average molecular weight is 276 g/mol. The SMILES string of the molecule is CCOC(c1ccccc1)C(NN)C1CCCCCC1. The van der Waals surface area contributed by atoms with Crippen molar-refractivity contribution in [1.82, 2.24) is 5.43 Å². The molecule has 0 saturated heterocycles. The number of rotatable bonds is 6. The molecule has 3 heteroatoms. The van der Waals surface area contributed by atoms with Gasteiger partial charge >= 0.3 is 0 Å². The van der Waals surface area contributed by atoms with E-state index in [0.29, 0.717) is 12.5 Å². The topological polar surface area (TPSA) is 47.3 Å². The fourth-order valence-corrected chi connectivity index (χ4v) is 3.37. The van der Waals surface area contributed by atoms with Crippen LogP contribution in [0.2, 0.25) is 0 Å². The highest BCUT2D eigenvalue weighted by Gasteiger charge is 2.30. The van der Waals surface area contributed by atoms with Crippen LogP contribution in [0.25, 0.3) is 0 Å². The highest BCUT2D eigenvalue weighted by Crippen LogP contribution is 2.33. The molecule has 1 fully saturated rings. The van der Waals surface area contributed by atoms with Crippen molar-refractivity contribution in [2.45, 2.75) is 57.6 Å². The molecule has 0 bridgehead atoms. The first-order chi connectivity index (χ1) is 9.86. The summed E-state index contributed by atoms with van der Waals surface area (Å²) in [5.74, 6) is 6.50. The Hall–Kier alpha value is -0.900. The molecule has 1 aromatic carbocycles. The number of hydrazine groups is 1. The number of hydrogen-bond donors (Lipinski definition) is 2. The highest BCUT2D eigenvalue weighted by atomic mass is 16.5. The van der Waals surface area contributed by atoms with E-state index in [0.717, 1.165) is 0 Å². The quantitative estimate of drug-likeness (QED) is 0.474. The first kappa shape index (κ1) is 15.5. The maximum Gasteiger partial charge on any atom is 0.0993 e. The van der Waals surface area contributed by atoms with Crippen LogP contribution in [0.15, 0.2) is 30.3 Å². The smallest absolute Gasteiger partial charge is 0.0993 e. The fourth-order valence-electron chi connectivity index (χ4n) is 3.37. The first-order valence-corrected chi connectivity index (χ1v) is 7.99. The van der Waals surface area contributed by atoms with Gasteiger partial charge in [0.1, 0.15) is 0 Å². The van der Waals surface area contributed by atoms with E-state index in [9.17, 15) is 0 Å². The molecule has 1 aromatic rings. The lowest BCUT2D eigenvalue weighted by Gasteiger charge is -2.33. The van der Waals surface area contributed by atoms with E-state index in [1.54, 1.807) is 0 Å². The lowest BCUT2D eigenvalue weighted by atomic mass is 9.86. The van der Waals surface area contributed by atoms with Gasteiger partial charge in [-0.25, -0.2) is 0 Å². The Labute approximate surface area is 122 Å². The summed E-state index contributed by atoms with van der Waals surface area (Å²) in [5, 5.41) is 0. The zero-order chi connectivity index (χ0) is 14.2. The van der Waals surface area contributed by atoms with E-state index < -0.39 is 0 Å². The summed E-state index contributed by atoms with van der Waals surface area (Å²) in [7, 11) is 0. The van der Waals surface area contributed by atoms with Crippen LogP contribution in [0.5, 0.6) is 0 Å². The van der Waals surface area contributed by atoms with Gasteiger partial charge in [0.2, 0.25) is 0 Å². The zero-order valence-electron chi connectivity index (χ0n) is 12.6. The molecule has 1 aliphatic carbocycles. The van der Waals surface area contributed by atoms with Gasteiger partial charge in [-0.2, -0.15) is 0 Å². The molecule has 2 rings (SSSR count). The molecule has 0 spiro atoms.